The lowest BCUT2D eigenvalue weighted by atomic mass is 10.1. The van der Waals surface area contributed by atoms with Gasteiger partial charge in [0.25, 0.3) is 0 Å². The summed E-state index contributed by atoms with van der Waals surface area (Å²) in [5.41, 5.74) is 1.99. The summed E-state index contributed by atoms with van der Waals surface area (Å²) in [6.45, 7) is 3.58. The first kappa shape index (κ1) is 20.6. The number of aryl methyl sites for hydroxylation is 1. The number of rotatable bonds is 5. The zero-order valence-electron chi connectivity index (χ0n) is 16.3. The molecule has 0 unspecified atom stereocenters. The highest BCUT2D eigenvalue weighted by Crippen LogP contribution is 2.22. The SMILES string of the molecule is Cc1ccc(-c2noc(CN3CCN(S(=O)(=O)c4ccc(F)cc4F)CC3)n2)cc1. The van der Waals surface area contributed by atoms with Gasteiger partial charge >= 0.3 is 0 Å². The molecule has 158 valence electrons. The summed E-state index contributed by atoms with van der Waals surface area (Å²) in [5.74, 6) is -0.975. The molecular weight excluding hydrogens is 414 g/mol. The predicted molar refractivity (Wildman–Crippen MR) is 105 cm³/mol. The Labute approximate surface area is 173 Å². The van der Waals surface area contributed by atoms with Gasteiger partial charge in [-0.3, -0.25) is 4.90 Å². The first-order valence-electron chi connectivity index (χ1n) is 9.40. The molecule has 0 N–H and O–H groups in total. The average Bonchev–Trinajstić information content (AvgIpc) is 3.17. The van der Waals surface area contributed by atoms with E-state index in [0.29, 0.717) is 37.4 Å². The van der Waals surface area contributed by atoms with E-state index in [0.717, 1.165) is 23.3 Å². The van der Waals surface area contributed by atoms with Gasteiger partial charge in [-0.2, -0.15) is 9.29 Å². The fourth-order valence-corrected chi connectivity index (χ4v) is 4.75. The van der Waals surface area contributed by atoms with Crippen LogP contribution in [0.2, 0.25) is 0 Å². The van der Waals surface area contributed by atoms with Crippen LogP contribution in [0.4, 0.5) is 8.78 Å². The Hall–Kier alpha value is -2.69. The molecule has 3 aromatic rings. The summed E-state index contributed by atoms with van der Waals surface area (Å²) in [4.78, 5) is 5.87. The Bertz CT molecular complexity index is 1140. The van der Waals surface area contributed by atoms with Crippen LogP contribution < -0.4 is 0 Å². The van der Waals surface area contributed by atoms with Crippen LogP contribution in [-0.4, -0.2) is 53.9 Å². The van der Waals surface area contributed by atoms with Crippen molar-refractivity contribution in [3.05, 3.63) is 65.6 Å². The molecule has 0 radical (unpaired) electrons. The normalized spacial score (nSPS) is 16.1. The van der Waals surface area contributed by atoms with E-state index in [1.165, 1.54) is 4.31 Å². The fraction of sp³-hybridized carbons (Fsp3) is 0.300. The Balaban J connectivity index is 1.38. The summed E-state index contributed by atoms with van der Waals surface area (Å²) < 4.78 is 58.9. The van der Waals surface area contributed by atoms with Crippen LogP contribution in [0.25, 0.3) is 11.4 Å². The maximum Gasteiger partial charge on any atom is 0.246 e. The maximum absolute atomic E-state index is 13.9. The number of nitrogens with zero attached hydrogens (tertiary/aromatic N) is 4. The first-order valence-corrected chi connectivity index (χ1v) is 10.8. The van der Waals surface area contributed by atoms with E-state index in [-0.39, 0.29) is 13.1 Å². The molecule has 10 heteroatoms. The summed E-state index contributed by atoms with van der Waals surface area (Å²) in [7, 11) is -4.03. The minimum atomic E-state index is -4.03. The smallest absolute Gasteiger partial charge is 0.246 e. The third kappa shape index (κ3) is 4.25. The van der Waals surface area contributed by atoms with Crippen LogP contribution in [-0.2, 0) is 16.6 Å². The highest BCUT2D eigenvalue weighted by atomic mass is 32.2. The van der Waals surface area contributed by atoms with Gasteiger partial charge in [0.2, 0.25) is 21.7 Å². The van der Waals surface area contributed by atoms with Crippen LogP contribution in [0, 0.1) is 18.6 Å². The Morgan fingerprint density at radius 3 is 2.40 bits per heavy atom. The van der Waals surface area contributed by atoms with E-state index in [4.69, 9.17) is 4.52 Å². The quantitative estimate of drug-likeness (QED) is 0.615. The van der Waals surface area contributed by atoms with Gasteiger partial charge in [0.05, 0.1) is 6.54 Å². The molecule has 1 aliphatic heterocycles. The van der Waals surface area contributed by atoms with Crippen LogP contribution in [0.5, 0.6) is 0 Å². The zero-order valence-corrected chi connectivity index (χ0v) is 17.1. The molecule has 2 heterocycles. The van der Waals surface area contributed by atoms with Crippen molar-refractivity contribution in [1.29, 1.82) is 0 Å². The van der Waals surface area contributed by atoms with Crippen LogP contribution in [0.3, 0.4) is 0 Å². The molecule has 0 bridgehead atoms. The number of hydrogen-bond donors (Lipinski definition) is 0. The lowest BCUT2D eigenvalue weighted by molar-refractivity contribution is 0.163. The topological polar surface area (TPSA) is 79.5 Å². The molecule has 0 aliphatic carbocycles. The van der Waals surface area contributed by atoms with Gasteiger partial charge in [0.15, 0.2) is 0 Å². The summed E-state index contributed by atoms with van der Waals surface area (Å²) in [5, 5.41) is 4.00. The monoisotopic (exact) mass is 434 g/mol. The molecule has 0 saturated carbocycles. The van der Waals surface area contributed by atoms with Gasteiger partial charge in [0.1, 0.15) is 16.5 Å². The van der Waals surface area contributed by atoms with Crippen molar-refractivity contribution in [3.63, 3.8) is 0 Å². The molecule has 0 atom stereocenters. The molecule has 7 nitrogen and oxygen atoms in total. The molecule has 4 rings (SSSR count). The number of piperazine rings is 1. The van der Waals surface area contributed by atoms with E-state index in [9.17, 15) is 17.2 Å². The summed E-state index contributed by atoms with van der Waals surface area (Å²) in [6.07, 6.45) is 0. The van der Waals surface area contributed by atoms with E-state index < -0.39 is 26.6 Å². The van der Waals surface area contributed by atoms with Crippen molar-refractivity contribution in [1.82, 2.24) is 19.3 Å². The van der Waals surface area contributed by atoms with E-state index in [2.05, 4.69) is 10.1 Å². The lowest BCUT2D eigenvalue weighted by Gasteiger charge is -2.33. The Kier molecular flexibility index (Phi) is 5.63. The van der Waals surface area contributed by atoms with Gasteiger partial charge in [-0.05, 0) is 19.1 Å². The summed E-state index contributed by atoms with van der Waals surface area (Å²) in [6, 6.07) is 10.2. The number of benzene rings is 2. The van der Waals surface area contributed by atoms with Crippen LogP contribution in [0.15, 0.2) is 51.9 Å². The maximum atomic E-state index is 13.9. The first-order chi connectivity index (χ1) is 14.3. The number of sulfonamides is 1. The van der Waals surface area contributed by atoms with E-state index >= 15 is 0 Å². The van der Waals surface area contributed by atoms with E-state index in [1.807, 2.05) is 36.1 Å². The molecule has 0 amide bonds. The van der Waals surface area contributed by atoms with Crippen molar-refractivity contribution < 1.29 is 21.7 Å². The molecular formula is C20H20F2N4O3S. The molecule has 1 aliphatic rings. The minimum Gasteiger partial charge on any atom is -0.338 e. The van der Waals surface area contributed by atoms with Gasteiger partial charge < -0.3 is 4.52 Å². The second kappa shape index (κ2) is 8.21. The molecule has 1 aromatic heterocycles. The third-order valence-corrected chi connectivity index (χ3v) is 6.91. The van der Waals surface area contributed by atoms with Crippen LogP contribution >= 0.6 is 0 Å². The minimum absolute atomic E-state index is 0.179. The van der Waals surface area contributed by atoms with Gasteiger partial charge in [0, 0.05) is 37.8 Å². The number of hydrogen-bond acceptors (Lipinski definition) is 6. The Morgan fingerprint density at radius 1 is 1.03 bits per heavy atom. The second-order valence-electron chi connectivity index (χ2n) is 7.13. The van der Waals surface area contributed by atoms with Crippen molar-refractivity contribution >= 4 is 10.0 Å². The van der Waals surface area contributed by atoms with Crippen molar-refractivity contribution in [2.75, 3.05) is 26.2 Å². The average molecular weight is 434 g/mol. The predicted octanol–water partition coefficient (Wildman–Crippen LogP) is 2.83. The van der Waals surface area contributed by atoms with Crippen molar-refractivity contribution in [3.8, 4) is 11.4 Å². The van der Waals surface area contributed by atoms with E-state index in [1.54, 1.807) is 0 Å². The van der Waals surface area contributed by atoms with Crippen LogP contribution in [0.1, 0.15) is 11.5 Å². The second-order valence-corrected chi connectivity index (χ2v) is 9.04. The molecule has 1 fully saturated rings. The molecule has 30 heavy (non-hydrogen) atoms. The largest absolute Gasteiger partial charge is 0.338 e. The highest BCUT2D eigenvalue weighted by Gasteiger charge is 2.31. The number of aromatic nitrogens is 2. The molecule has 0 spiro atoms. The Morgan fingerprint density at radius 2 is 1.73 bits per heavy atom. The number of halogens is 2. The van der Waals surface area contributed by atoms with Gasteiger partial charge in [-0.1, -0.05) is 35.0 Å². The van der Waals surface area contributed by atoms with Crippen molar-refractivity contribution in [2.45, 2.75) is 18.4 Å². The lowest BCUT2D eigenvalue weighted by Crippen LogP contribution is -2.48. The standard InChI is InChI=1S/C20H20F2N4O3S/c1-14-2-4-15(5-3-14)20-23-19(29-24-20)13-25-8-10-26(11-9-25)30(27,28)18-7-6-16(21)12-17(18)22/h2-7,12H,8-11,13H2,1H3. The van der Waals surface area contributed by atoms with Crippen molar-refractivity contribution in [2.24, 2.45) is 0 Å². The van der Waals surface area contributed by atoms with Gasteiger partial charge in [-0.15, -0.1) is 0 Å². The van der Waals surface area contributed by atoms with Gasteiger partial charge in [-0.25, -0.2) is 17.2 Å². The zero-order chi connectivity index (χ0) is 21.3. The fourth-order valence-electron chi connectivity index (χ4n) is 3.28. The molecule has 2 aromatic carbocycles. The third-order valence-electron chi connectivity index (χ3n) is 4.98. The molecule has 1 saturated heterocycles. The summed E-state index contributed by atoms with van der Waals surface area (Å²) >= 11 is 0. The highest BCUT2D eigenvalue weighted by molar-refractivity contribution is 7.89.